The molecule has 0 amide bonds. The fourth-order valence-electron chi connectivity index (χ4n) is 4.33. The molecule has 1 atom stereocenters. The van der Waals surface area contributed by atoms with Crippen molar-refractivity contribution in [3.05, 3.63) is 121 Å². The van der Waals surface area contributed by atoms with E-state index in [1.807, 2.05) is 48.5 Å². The molecular weight excluding hydrogens is 488 g/mol. The van der Waals surface area contributed by atoms with Crippen molar-refractivity contribution >= 4 is 29.1 Å². The fourth-order valence-corrected chi connectivity index (χ4v) is 5.33. The quantitative estimate of drug-likeness (QED) is 0.399. The number of ether oxygens (including phenoxy) is 2. The second-order valence-electron chi connectivity index (χ2n) is 8.30. The van der Waals surface area contributed by atoms with Crippen molar-refractivity contribution in [2.24, 2.45) is 4.99 Å². The summed E-state index contributed by atoms with van der Waals surface area (Å²) in [7, 11) is 1.57. The molecule has 0 aliphatic carbocycles. The van der Waals surface area contributed by atoms with E-state index >= 15 is 0 Å². The van der Waals surface area contributed by atoms with E-state index in [-0.39, 0.29) is 23.5 Å². The van der Waals surface area contributed by atoms with Gasteiger partial charge in [-0.15, -0.1) is 0 Å². The van der Waals surface area contributed by atoms with Crippen LogP contribution < -0.4 is 19.6 Å². The molecule has 3 aromatic carbocycles. The first-order valence-electron chi connectivity index (χ1n) is 11.7. The summed E-state index contributed by atoms with van der Waals surface area (Å²) in [6, 6.07) is 22.6. The van der Waals surface area contributed by atoms with Gasteiger partial charge in [-0.05, 0) is 48.4 Å². The van der Waals surface area contributed by atoms with Crippen molar-refractivity contribution < 1.29 is 19.4 Å². The minimum atomic E-state index is -0.785. The Morgan fingerprint density at radius 3 is 2.59 bits per heavy atom. The second kappa shape index (κ2) is 10.3. The van der Waals surface area contributed by atoms with Crippen LogP contribution >= 0.6 is 11.3 Å². The van der Waals surface area contributed by atoms with Crippen LogP contribution in [0.2, 0.25) is 0 Å². The third-order valence-corrected chi connectivity index (χ3v) is 6.93. The van der Waals surface area contributed by atoms with Crippen LogP contribution in [0.3, 0.4) is 0 Å². The number of aromatic hydroxyl groups is 1. The van der Waals surface area contributed by atoms with Gasteiger partial charge < -0.3 is 14.6 Å². The van der Waals surface area contributed by atoms with Crippen LogP contribution in [0.5, 0.6) is 11.5 Å². The number of methoxy groups -OCH3 is 1. The summed E-state index contributed by atoms with van der Waals surface area (Å²) in [5.41, 5.74) is 2.54. The van der Waals surface area contributed by atoms with E-state index < -0.39 is 12.0 Å². The Bertz CT molecular complexity index is 1690. The van der Waals surface area contributed by atoms with Crippen LogP contribution in [0.15, 0.2) is 94.2 Å². The predicted molar refractivity (Wildman–Crippen MR) is 142 cm³/mol. The number of esters is 1. The van der Waals surface area contributed by atoms with Gasteiger partial charge in [0, 0.05) is 5.56 Å². The maximum Gasteiger partial charge on any atom is 0.338 e. The maximum absolute atomic E-state index is 13.8. The average molecular weight is 513 g/mol. The molecule has 0 radical (unpaired) electrons. The molecule has 4 aromatic rings. The van der Waals surface area contributed by atoms with Crippen LogP contribution in [0.4, 0.5) is 0 Å². The molecule has 0 saturated heterocycles. The van der Waals surface area contributed by atoms with E-state index in [4.69, 9.17) is 14.5 Å². The zero-order chi connectivity index (χ0) is 25.9. The number of phenols is 1. The first kappa shape index (κ1) is 24.3. The Morgan fingerprint density at radius 1 is 1.08 bits per heavy atom. The molecule has 0 unspecified atom stereocenters. The topological polar surface area (TPSA) is 90.1 Å². The van der Waals surface area contributed by atoms with Crippen LogP contribution in [-0.4, -0.2) is 29.4 Å². The Kier molecular flexibility index (Phi) is 6.74. The summed E-state index contributed by atoms with van der Waals surface area (Å²) in [5, 5.41) is 9.88. The lowest BCUT2D eigenvalue weighted by Crippen LogP contribution is -2.40. The third kappa shape index (κ3) is 4.71. The van der Waals surface area contributed by atoms with Crippen molar-refractivity contribution in [1.29, 1.82) is 0 Å². The number of nitrogens with zero attached hydrogens (tertiary/aromatic N) is 2. The van der Waals surface area contributed by atoms with Crippen molar-refractivity contribution in [3.63, 3.8) is 0 Å². The highest BCUT2D eigenvalue weighted by molar-refractivity contribution is 7.07. The van der Waals surface area contributed by atoms with E-state index in [1.165, 1.54) is 15.9 Å². The van der Waals surface area contributed by atoms with E-state index in [9.17, 15) is 14.7 Å². The lowest BCUT2D eigenvalue weighted by atomic mass is 9.93. The molecule has 37 heavy (non-hydrogen) atoms. The molecule has 1 aromatic heterocycles. The summed E-state index contributed by atoms with van der Waals surface area (Å²) in [5.74, 6) is 0.160. The molecule has 1 aliphatic rings. The van der Waals surface area contributed by atoms with Crippen LogP contribution in [0.25, 0.3) is 11.8 Å². The van der Waals surface area contributed by atoms with Crippen LogP contribution in [0.1, 0.15) is 29.7 Å². The Hall–Kier alpha value is -4.43. The predicted octanol–water partition coefficient (Wildman–Crippen LogP) is 3.65. The molecule has 186 valence electrons. The second-order valence-corrected chi connectivity index (χ2v) is 9.31. The maximum atomic E-state index is 13.8. The standard InChI is InChI=1S/C29H24N2O5S/c1-3-36-28(34)24-25(19-10-5-4-6-11-19)30-29-31(26(24)20-12-8-14-22(17-20)35-2)27(33)23(37-29)16-18-9-7-13-21(32)15-18/h4-17,26,32H,3H2,1-2H3/b23-16-/t26-/m0/s1. The highest BCUT2D eigenvalue weighted by atomic mass is 32.1. The number of aromatic nitrogens is 1. The minimum Gasteiger partial charge on any atom is -0.508 e. The fraction of sp³-hybridized carbons (Fsp3) is 0.138. The van der Waals surface area contributed by atoms with Gasteiger partial charge in [-0.2, -0.15) is 0 Å². The largest absolute Gasteiger partial charge is 0.508 e. The lowest BCUT2D eigenvalue weighted by Gasteiger charge is -2.26. The average Bonchev–Trinajstić information content (AvgIpc) is 3.22. The van der Waals surface area contributed by atoms with Crippen molar-refractivity contribution in [1.82, 2.24) is 4.57 Å². The zero-order valence-corrected chi connectivity index (χ0v) is 21.1. The van der Waals surface area contributed by atoms with Crippen molar-refractivity contribution in [2.75, 3.05) is 13.7 Å². The van der Waals surface area contributed by atoms with Gasteiger partial charge in [-0.3, -0.25) is 9.36 Å². The number of fused-ring (bicyclic) bond motifs is 1. The van der Waals surface area contributed by atoms with E-state index in [0.29, 0.717) is 31.9 Å². The van der Waals surface area contributed by atoms with Crippen LogP contribution in [-0.2, 0) is 9.53 Å². The van der Waals surface area contributed by atoms with Crippen molar-refractivity contribution in [2.45, 2.75) is 13.0 Å². The Labute approximate surface area is 216 Å². The number of benzene rings is 3. The van der Waals surface area contributed by atoms with E-state index in [0.717, 1.165) is 5.56 Å². The van der Waals surface area contributed by atoms with Gasteiger partial charge in [-0.25, -0.2) is 9.79 Å². The minimum absolute atomic E-state index is 0.103. The molecular formula is C29H24N2O5S. The zero-order valence-electron chi connectivity index (χ0n) is 20.3. The molecule has 1 aliphatic heterocycles. The highest BCUT2D eigenvalue weighted by Crippen LogP contribution is 2.36. The summed E-state index contributed by atoms with van der Waals surface area (Å²) in [4.78, 5) is 32.6. The van der Waals surface area contributed by atoms with Crippen LogP contribution in [0, 0.1) is 0 Å². The highest BCUT2D eigenvalue weighted by Gasteiger charge is 2.35. The SMILES string of the molecule is CCOC(=O)C1=C(c2ccccc2)N=c2s/c(=C\c3cccc(O)c3)c(=O)n2[C@H]1c1cccc(OC)c1. The third-order valence-electron chi connectivity index (χ3n) is 5.95. The van der Waals surface area contributed by atoms with Crippen molar-refractivity contribution in [3.8, 4) is 11.5 Å². The number of thiazole rings is 1. The first-order chi connectivity index (χ1) is 18.0. The molecule has 0 fully saturated rings. The van der Waals surface area contributed by atoms with E-state index in [1.54, 1.807) is 50.4 Å². The molecule has 8 heteroatoms. The number of carbonyl (C=O) groups is 1. The molecule has 0 bridgehead atoms. The number of hydrogen-bond donors (Lipinski definition) is 1. The number of carbonyl (C=O) groups excluding carboxylic acids is 1. The summed E-state index contributed by atoms with van der Waals surface area (Å²) in [6.07, 6.45) is 1.71. The molecule has 0 saturated carbocycles. The van der Waals surface area contributed by atoms with Gasteiger partial charge in [0.05, 0.1) is 35.6 Å². The lowest BCUT2D eigenvalue weighted by molar-refractivity contribution is -0.138. The van der Waals surface area contributed by atoms with E-state index in [2.05, 4.69) is 0 Å². The number of phenolic OH excluding ortho intramolecular Hbond substituents is 1. The normalized spacial score (nSPS) is 15.2. The molecule has 5 rings (SSSR count). The molecule has 2 heterocycles. The first-order valence-corrected chi connectivity index (χ1v) is 12.5. The van der Waals surface area contributed by atoms with Gasteiger partial charge in [0.1, 0.15) is 11.5 Å². The number of rotatable bonds is 6. The molecule has 7 nitrogen and oxygen atoms in total. The van der Waals surface area contributed by atoms with Gasteiger partial charge in [0.25, 0.3) is 5.56 Å². The molecule has 0 spiro atoms. The Morgan fingerprint density at radius 2 is 1.86 bits per heavy atom. The Balaban J connectivity index is 1.84. The summed E-state index contributed by atoms with van der Waals surface area (Å²) < 4.78 is 12.9. The summed E-state index contributed by atoms with van der Waals surface area (Å²) >= 11 is 1.23. The van der Waals surface area contributed by atoms with Gasteiger partial charge in [-0.1, -0.05) is 65.9 Å². The van der Waals surface area contributed by atoms with Gasteiger partial charge in [0.15, 0.2) is 4.80 Å². The number of hydrogen-bond acceptors (Lipinski definition) is 7. The smallest absolute Gasteiger partial charge is 0.338 e. The van der Waals surface area contributed by atoms with Gasteiger partial charge >= 0.3 is 5.97 Å². The molecule has 1 N–H and O–H groups in total. The monoisotopic (exact) mass is 512 g/mol. The summed E-state index contributed by atoms with van der Waals surface area (Å²) in [6.45, 7) is 1.92. The van der Waals surface area contributed by atoms with Gasteiger partial charge in [0.2, 0.25) is 0 Å².